The van der Waals surface area contributed by atoms with Gasteiger partial charge >= 0.3 is 0 Å². The maximum Gasteiger partial charge on any atom is 0.257 e. The molecule has 5 nitrogen and oxygen atoms in total. The third-order valence-corrected chi connectivity index (χ3v) is 8.34. The SMILES string of the molecule is CCC(O)CN1C(C)(C)CC2(CC1(C)C)OC1(CCCCCCCCCC1)N(C)C2=O. The lowest BCUT2D eigenvalue weighted by molar-refractivity contribution is -0.201. The Morgan fingerprint density at radius 3 is 1.81 bits per heavy atom. The Kier molecular flexibility index (Phi) is 7.50. The summed E-state index contributed by atoms with van der Waals surface area (Å²) < 4.78 is 7.05. The number of hydrogen-bond acceptors (Lipinski definition) is 4. The van der Waals surface area contributed by atoms with Crippen LogP contribution in [0.25, 0.3) is 0 Å². The van der Waals surface area contributed by atoms with Gasteiger partial charge < -0.3 is 14.7 Å². The summed E-state index contributed by atoms with van der Waals surface area (Å²) in [5, 5.41) is 10.4. The smallest absolute Gasteiger partial charge is 0.257 e. The molecular formula is C26H48N2O3. The molecule has 1 amide bonds. The fourth-order valence-corrected chi connectivity index (χ4v) is 6.92. The molecule has 2 saturated heterocycles. The number of carbonyl (C=O) groups excluding carboxylic acids is 1. The highest BCUT2D eigenvalue weighted by Crippen LogP contribution is 2.53. The molecule has 3 rings (SSSR count). The van der Waals surface area contributed by atoms with Gasteiger partial charge in [-0.15, -0.1) is 0 Å². The molecule has 1 aliphatic carbocycles. The van der Waals surface area contributed by atoms with Crippen molar-refractivity contribution in [3.8, 4) is 0 Å². The second-order valence-electron chi connectivity index (χ2n) is 11.9. The molecule has 3 aliphatic rings. The Labute approximate surface area is 190 Å². The first-order valence-electron chi connectivity index (χ1n) is 12.9. The summed E-state index contributed by atoms with van der Waals surface area (Å²) in [5.41, 5.74) is -1.66. The number of β-amino-alcohol motifs (C(OH)–C–C–N with tert-alkyl or cyclic N) is 1. The summed E-state index contributed by atoms with van der Waals surface area (Å²) in [7, 11) is 1.99. The zero-order valence-corrected chi connectivity index (χ0v) is 21.1. The number of likely N-dealkylation sites (N-methyl/N-ethyl adjacent to an activating group) is 1. The molecule has 2 spiro atoms. The number of aliphatic hydroxyl groups excluding tert-OH is 1. The highest BCUT2D eigenvalue weighted by Gasteiger charge is 2.65. The quantitative estimate of drug-likeness (QED) is 0.657. The minimum Gasteiger partial charge on any atom is -0.392 e. The average molecular weight is 437 g/mol. The summed E-state index contributed by atoms with van der Waals surface area (Å²) >= 11 is 0. The lowest BCUT2D eigenvalue weighted by Gasteiger charge is -2.58. The number of amides is 1. The van der Waals surface area contributed by atoms with Crippen molar-refractivity contribution in [2.24, 2.45) is 0 Å². The molecule has 3 fully saturated rings. The first-order chi connectivity index (χ1) is 14.5. The van der Waals surface area contributed by atoms with Crippen LogP contribution < -0.4 is 0 Å². The topological polar surface area (TPSA) is 53.0 Å². The average Bonchev–Trinajstić information content (AvgIpc) is 2.85. The maximum atomic E-state index is 13.9. The second kappa shape index (κ2) is 9.30. The molecule has 0 bridgehead atoms. The lowest BCUT2D eigenvalue weighted by Crippen LogP contribution is -2.68. The van der Waals surface area contributed by atoms with Gasteiger partial charge in [0.1, 0.15) is 5.72 Å². The zero-order chi connectivity index (χ0) is 22.9. The summed E-state index contributed by atoms with van der Waals surface area (Å²) in [4.78, 5) is 18.3. The molecule has 5 heteroatoms. The summed E-state index contributed by atoms with van der Waals surface area (Å²) in [6.07, 6.45) is 13.7. The van der Waals surface area contributed by atoms with Crippen LogP contribution in [-0.2, 0) is 9.53 Å². The summed E-state index contributed by atoms with van der Waals surface area (Å²) in [6, 6.07) is 0. The first-order valence-corrected chi connectivity index (χ1v) is 12.9. The molecule has 0 aromatic rings. The number of likely N-dealkylation sites (tertiary alicyclic amines) is 1. The molecular weight excluding hydrogens is 388 g/mol. The van der Waals surface area contributed by atoms with Gasteiger partial charge in [-0.05, 0) is 59.8 Å². The number of rotatable bonds is 3. The fourth-order valence-electron chi connectivity index (χ4n) is 6.92. The van der Waals surface area contributed by atoms with Crippen LogP contribution in [0.4, 0.5) is 0 Å². The number of ether oxygens (including phenoxy) is 1. The standard InChI is InChI=1S/C26H48N2O3/c1-7-21(29)18-28-23(2,3)19-25(20-24(28,4)5)22(30)27(6)26(31-25)16-14-12-10-8-9-11-13-15-17-26/h21,29H,7-20H2,1-6H3. The van der Waals surface area contributed by atoms with E-state index >= 15 is 0 Å². The van der Waals surface area contributed by atoms with Gasteiger partial charge in [0.05, 0.1) is 6.10 Å². The molecule has 1 atom stereocenters. The van der Waals surface area contributed by atoms with Gasteiger partial charge in [0.25, 0.3) is 5.91 Å². The van der Waals surface area contributed by atoms with Crippen LogP contribution in [0.1, 0.15) is 118 Å². The highest BCUT2D eigenvalue weighted by atomic mass is 16.6. The van der Waals surface area contributed by atoms with Gasteiger partial charge in [-0.25, -0.2) is 0 Å². The van der Waals surface area contributed by atoms with E-state index < -0.39 is 11.3 Å². The maximum absolute atomic E-state index is 13.9. The summed E-state index contributed by atoms with van der Waals surface area (Å²) in [5.74, 6) is 0.180. The third kappa shape index (κ3) is 4.99. The zero-order valence-electron chi connectivity index (χ0n) is 21.1. The van der Waals surface area contributed by atoms with Gasteiger partial charge in [-0.2, -0.15) is 0 Å². The number of piperidine rings is 1. The Bertz CT molecular complexity index is 600. The lowest BCUT2D eigenvalue weighted by atomic mass is 9.70. The Hall–Kier alpha value is -0.650. The van der Waals surface area contributed by atoms with Crippen LogP contribution in [0.15, 0.2) is 0 Å². The third-order valence-electron chi connectivity index (χ3n) is 8.34. The van der Waals surface area contributed by atoms with Crippen molar-refractivity contribution in [2.45, 2.75) is 147 Å². The molecule has 0 aromatic heterocycles. The van der Waals surface area contributed by atoms with Crippen molar-refractivity contribution in [2.75, 3.05) is 13.6 Å². The number of nitrogens with zero attached hydrogens (tertiary/aromatic N) is 2. The molecule has 2 heterocycles. The Morgan fingerprint density at radius 2 is 1.35 bits per heavy atom. The van der Waals surface area contributed by atoms with Gasteiger partial charge in [-0.1, -0.05) is 45.4 Å². The molecule has 1 N–H and O–H groups in total. The van der Waals surface area contributed by atoms with Gasteiger partial charge in [-0.3, -0.25) is 9.69 Å². The van der Waals surface area contributed by atoms with E-state index in [1.807, 2.05) is 18.9 Å². The molecule has 0 aromatic carbocycles. The van der Waals surface area contributed by atoms with E-state index in [4.69, 9.17) is 4.74 Å². The van der Waals surface area contributed by atoms with Gasteiger partial charge in [0, 0.05) is 37.5 Å². The molecule has 1 saturated carbocycles. The van der Waals surface area contributed by atoms with Crippen LogP contribution in [0.3, 0.4) is 0 Å². The molecule has 0 radical (unpaired) electrons. The fraction of sp³-hybridized carbons (Fsp3) is 0.962. The van der Waals surface area contributed by atoms with Crippen LogP contribution in [0.2, 0.25) is 0 Å². The van der Waals surface area contributed by atoms with Crippen molar-refractivity contribution >= 4 is 5.91 Å². The Balaban J connectivity index is 1.88. The molecule has 2 aliphatic heterocycles. The van der Waals surface area contributed by atoms with Crippen molar-refractivity contribution in [3.63, 3.8) is 0 Å². The van der Waals surface area contributed by atoms with E-state index in [9.17, 15) is 9.90 Å². The van der Waals surface area contributed by atoms with Crippen molar-refractivity contribution in [3.05, 3.63) is 0 Å². The normalized spacial score (nSPS) is 29.8. The van der Waals surface area contributed by atoms with Crippen LogP contribution in [0, 0.1) is 0 Å². The number of hydrogen-bond donors (Lipinski definition) is 1. The minimum absolute atomic E-state index is 0.180. The largest absolute Gasteiger partial charge is 0.392 e. The van der Waals surface area contributed by atoms with E-state index in [0.29, 0.717) is 19.4 Å². The van der Waals surface area contributed by atoms with Gasteiger partial charge in [0.2, 0.25) is 0 Å². The van der Waals surface area contributed by atoms with E-state index in [1.54, 1.807) is 0 Å². The van der Waals surface area contributed by atoms with Crippen LogP contribution in [-0.4, -0.2) is 62.9 Å². The van der Waals surface area contributed by atoms with E-state index in [1.165, 1.54) is 38.5 Å². The van der Waals surface area contributed by atoms with E-state index in [0.717, 1.165) is 32.1 Å². The van der Waals surface area contributed by atoms with Crippen LogP contribution in [0.5, 0.6) is 0 Å². The summed E-state index contributed by atoms with van der Waals surface area (Å²) in [6.45, 7) is 11.5. The van der Waals surface area contributed by atoms with Crippen molar-refractivity contribution < 1.29 is 14.6 Å². The van der Waals surface area contributed by atoms with Gasteiger partial charge in [0.15, 0.2) is 5.60 Å². The van der Waals surface area contributed by atoms with Crippen molar-refractivity contribution in [1.82, 2.24) is 9.80 Å². The minimum atomic E-state index is -0.754. The Morgan fingerprint density at radius 1 is 0.903 bits per heavy atom. The highest BCUT2D eigenvalue weighted by molar-refractivity contribution is 5.88. The molecule has 31 heavy (non-hydrogen) atoms. The monoisotopic (exact) mass is 436 g/mol. The molecule has 1 unspecified atom stereocenters. The van der Waals surface area contributed by atoms with Crippen molar-refractivity contribution in [1.29, 1.82) is 0 Å². The predicted octanol–water partition coefficient (Wildman–Crippen LogP) is 5.25. The first kappa shape index (κ1) is 25.0. The second-order valence-corrected chi connectivity index (χ2v) is 11.9. The predicted molar refractivity (Wildman–Crippen MR) is 126 cm³/mol. The molecule has 180 valence electrons. The van der Waals surface area contributed by atoms with E-state index in [-0.39, 0.29) is 23.1 Å². The van der Waals surface area contributed by atoms with E-state index in [2.05, 4.69) is 32.6 Å². The number of aliphatic hydroxyl groups is 1. The van der Waals surface area contributed by atoms with Crippen LogP contribution >= 0.6 is 0 Å². The number of carbonyl (C=O) groups is 1.